The van der Waals surface area contributed by atoms with Crippen molar-refractivity contribution in [1.29, 1.82) is 0 Å². The highest BCUT2D eigenvalue weighted by molar-refractivity contribution is 5.90. The number of methoxy groups -OCH3 is 2. The van der Waals surface area contributed by atoms with Gasteiger partial charge in [-0.25, -0.2) is 0 Å². The van der Waals surface area contributed by atoms with E-state index in [1.165, 1.54) is 52.7 Å². The minimum absolute atomic E-state index is 0.0383. The Hall–Kier alpha value is -3.01. The lowest BCUT2D eigenvalue weighted by molar-refractivity contribution is -0.923. The van der Waals surface area contributed by atoms with Crippen molar-refractivity contribution in [3.8, 4) is 17.2 Å². The number of hydrogen-bond acceptors (Lipinski definition) is 7. The van der Waals surface area contributed by atoms with Crippen LogP contribution in [0.25, 0.3) is 0 Å². The number of amides is 1. The first-order valence-corrected chi connectivity index (χ1v) is 12.4. The first-order valence-electron chi connectivity index (χ1n) is 12.4. The molecule has 0 saturated heterocycles. The van der Waals surface area contributed by atoms with Crippen LogP contribution in [0, 0.1) is 5.21 Å². The number of primary amides is 1. The first-order chi connectivity index (χ1) is 16.7. The molecule has 0 spiro atoms. The van der Waals surface area contributed by atoms with Crippen molar-refractivity contribution in [3.63, 3.8) is 0 Å². The number of phenols is 1. The number of aromatic hydroxyl groups is 1. The number of rotatable bonds is 17. The average Bonchev–Trinajstić information content (AvgIpc) is 3.19. The predicted molar refractivity (Wildman–Crippen MR) is 131 cm³/mol. The number of carbonyl (C=O) groups is 1. The fraction of sp³-hybridized carbons (Fsp3) is 0.640. The van der Waals surface area contributed by atoms with Crippen LogP contribution in [0.5, 0.6) is 17.2 Å². The van der Waals surface area contributed by atoms with Gasteiger partial charge in [0.25, 0.3) is 17.3 Å². The maximum absolute atomic E-state index is 11.9. The van der Waals surface area contributed by atoms with Gasteiger partial charge >= 0.3 is 0 Å². The molecule has 2 aromatic rings. The summed E-state index contributed by atoms with van der Waals surface area (Å²) in [6.07, 6.45) is 10.3. The number of aromatic nitrogens is 2. The minimum atomic E-state index is -0.858. The molecule has 0 radical (unpaired) electrons. The molecule has 1 aromatic heterocycles. The molecule has 0 aliphatic rings. The number of quaternary nitrogens is 1. The highest BCUT2D eigenvalue weighted by atomic mass is 16.8. The summed E-state index contributed by atoms with van der Waals surface area (Å²) in [5.41, 5.74) is 6.34. The van der Waals surface area contributed by atoms with E-state index in [-0.39, 0.29) is 22.0 Å². The Morgan fingerprint density at radius 3 is 2.20 bits per heavy atom. The van der Waals surface area contributed by atoms with Crippen LogP contribution in [-0.4, -0.2) is 55.0 Å². The van der Waals surface area contributed by atoms with Gasteiger partial charge in [-0.1, -0.05) is 45.4 Å². The van der Waals surface area contributed by atoms with Crippen molar-refractivity contribution in [2.45, 2.75) is 71.3 Å². The zero-order chi connectivity index (χ0) is 25.8. The van der Waals surface area contributed by atoms with Gasteiger partial charge in [0.15, 0.2) is 18.0 Å². The molecule has 1 aromatic carbocycles. The van der Waals surface area contributed by atoms with Gasteiger partial charge in [-0.3, -0.25) is 9.42 Å². The van der Waals surface area contributed by atoms with Gasteiger partial charge in [0, 0.05) is 11.6 Å². The number of phenolic OH excluding ortho intramolecular Hbond substituents is 1. The lowest BCUT2D eigenvalue weighted by Crippen LogP contribution is -2.46. The number of benzene rings is 1. The molecule has 3 N–H and O–H groups in total. The van der Waals surface area contributed by atoms with Crippen molar-refractivity contribution >= 4 is 5.91 Å². The number of ether oxygens (including phenoxy) is 2. The molecule has 10 nitrogen and oxygen atoms in total. The van der Waals surface area contributed by atoms with Gasteiger partial charge in [-0.2, -0.15) is 0 Å². The Labute approximate surface area is 207 Å². The molecule has 0 aliphatic heterocycles. The third kappa shape index (κ3) is 8.31. The van der Waals surface area contributed by atoms with Crippen LogP contribution < -0.4 is 20.1 Å². The largest absolute Gasteiger partial charge is 0.502 e. The van der Waals surface area contributed by atoms with Crippen LogP contribution in [0.15, 0.2) is 16.8 Å². The third-order valence-corrected chi connectivity index (χ3v) is 6.48. The highest BCUT2D eigenvalue weighted by Gasteiger charge is 2.33. The van der Waals surface area contributed by atoms with E-state index in [1.807, 2.05) is 0 Å². The van der Waals surface area contributed by atoms with Crippen LogP contribution in [0.1, 0.15) is 80.0 Å². The SMILES string of the molecule is CCCCCCCCCC[N+](C)(CCc1cc(OC)c(O)c(OC)c1)Cc1no[n+]([O-])c1C(N)=O. The minimum Gasteiger partial charge on any atom is -0.502 e. The van der Waals surface area contributed by atoms with Crippen LogP contribution >= 0.6 is 0 Å². The third-order valence-electron chi connectivity index (χ3n) is 6.48. The second-order valence-corrected chi connectivity index (χ2v) is 9.39. The molecule has 2 rings (SSSR count). The molecule has 1 heterocycles. The second kappa shape index (κ2) is 13.8. The summed E-state index contributed by atoms with van der Waals surface area (Å²) in [6, 6.07) is 3.57. The van der Waals surface area contributed by atoms with E-state index >= 15 is 0 Å². The van der Waals surface area contributed by atoms with Crippen molar-refractivity contribution in [1.82, 2.24) is 5.16 Å². The van der Waals surface area contributed by atoms with Crippen LogP contribution in [-0.2, 0) is 13.0 Å². The summed E-state index contributed by atoms with van der Waals surface area (Å²) in [4.78, 5) is 11.9. The molecule has 0 aliphatic carbocycles. The summed E-state index contributed by atoms with van der Waals surface area (Å²) in [7, 11) is 5.06. The monoisotopic (exact) mass is 493 g/mol. The lowest BCUT2D eigenvalue weighted by Gasteiger charge is -2.33. The van der Waals surface area contributed by atoms with E-state index < -0.39 is 5.91 Å². The van der Waals surface area contributed by atoms with Gasteiger partial charge in [-0.05, 0) is 35.4 Å². The van der Waals surface area contributed by atoms with Crippen LogP contribution in [0.4, 0.5) is 0 Å². The number of unbranched alkanes of at least 4 members (excludes halogenated alkanes) is 7. The Bertz CT molecular complexity index is 923. The van der Waals surface area contributed by atoms with E-state index in [0.717, 1.165) is 24.9 Å². The predicted octanol–water partition coefficient (Wildman–Crippen LogP) is 3.46. The second-order valence-electron chi connectivity index (χ2n) is 9.39. The van der Waals surface area contributed by atoms with E-state index in [0.29, 0.717) is 35.5 Å². The zero-order valence-electron chi connectivity index (χ0n) is 21.5. The zero-order valence-corrected chi connectivity index (χ0v) is 21.5. The van der Waals surface area contributed by atoms with E-state index in [4.69, 9.17) is 15.2 Å². The van der Waals surface area contributed by atoms with Crippen LogP contribution in [0.2, 0.25) is 0 Å². The maximum Gasteiger partial charge on any atom is 0.297 e. The fourth-order valence-corrected chi connectivity index (χ4v) is 4.36. The molecule has 1 unspecified atom stereocenters. The maximum atomic E-state index is 11.9. The van der Waals surface area contributed by atoms with Gasteiger partial charge in [0.2, 0.25) is 5.75 Å². The molecular formula is C25H41N4O6+. The molecule has 1 amide bonds. The molecule has 10 heteroatoms. The van der Waals surface area contributed by atoms with Crippen molar-refractivity contribution in [3.05, 3.63) is 34.3 Å². The topological polar surface area (TPSA) is 135 Å². The normalized spacial score (nSPS) is 12.9. The number of hydrogen-bond donors (Lipinski definition) is 2. The highest BCUT2D eigenvalue weighted by Crippen LogP contribution is 2.37. The molecule has 0 fully saturated rings. The Morgan fingerprint density at radius 1 is 1.09 bits per heavy atom. The smallest absolute Gasteiger partial charge is 0.297 e. The molecule has 1 atom stereocenters. The summed E-state index contributed by atoms with van der Waals surface area (Å²) >= 11 is 0. The lowest BCUT2D eigenvalue weighted by atomic mass is 10.1. The van der Waals surface area contributed by atoms with Gasteiger partial charge in [0.05, 0.1) is 34.4 Å². The van der Waals surface area contributed by atoms with Crippen molar-refractivity contribution in [2.24, 2.45) is 5.73 Å². The summed E-state index contributed by atoms with van der Waals surface area (Å²) < 4.78 is 15.8. The number of nitrogens with two attached hydrogens (primary N) is 1. The Morgan fingerprint density at radius 2 is 1.66 bits per heavy atom. The summed E-state index contributed by atoms with van der Waals surface area (Å²) in [5, 5.41) is 25.9. The Balaban J connectivity index is 2.12. The number of likely N-dealkylation sites (N-methyl/N-ethyl adjacent to an activating group) is 1. The van der Waals surface area contributed by atoms with E-state index in [2.05, 4.69) is 23.8 Å². The van der Waals surface area contributed by atoms with Crippen molar-refractivity contribution in [2.75, 3.05) is 34.4 Å². The Kier molecular flexibility index (Phi) is 11.1. The summed E-state index contributed by atoms with van der Waals surface area (Å²) in [5.74, 6) is -0.209. The van der Waals surface area contributed by atoms with Crippen LogP contribution in [0.3, 0.4) is 0 Å². The van der Waals surface area contributed by atoms with Crippen molar-refractivity contribution < 1.29 is 33.4 Å². The summed E-state index contributed by atoms with van der Waals surface area (Å²) in [6.45, 7) is 4.08. The standard InChI is InChI=1S/C25H40N4O6/c1-5-6-7-8-9-10-11-12-14-29(2,18-20-23(25(26)31)28(32)35-27-20)15-13-19-16-21(33-3)24(30)22(17-19)34-4/h16-17H,5-15,18H2,1-4H3,(H2-,26,30,31)/p+1. The van der Waals surface area contributed by atoms with Gasteiger partial charge < -0.3 is 30.0 Å². The van der Waals surface area contributed by atoms with E-state index in [9.17, 15) is 15.1 Å². The molecule has 0 saturated carbocycles. The molecule has 0 bridgehead atoms. The van der Waals surface area contributed by atoms with Gasteiger partial charge in [0.1, 0.15) is 0 Å². The average molecular weight is 494 g/mol. The molecular weight excluding hydrogens is 452 g/mol. The number of carbonyl (C=O) groups excluding carboxylic acids is 1. The number of nitrogens with zero attached hydrogens (tertiary/aromatic N) is 3. The van der Waals surface area contributed by atoms with Gasteiger partial charge in [-0.15, -0.1) is 0 Å². The molecule has 35 heavy (non-hydrogen) atoms. The quantitative estimate of drug-likeness (QED) is 0.196. The molecule has 196 valence electrons. The first kappa shape index (κ1) is 28.2. The van der Waals surface area contributed by atoms with E-state index in [1.54, 1.807) is 12.1 Å². The fourth-order valence-electron chi connectivity index (χ4n) is 4.36.